The molecule has 2 aromatic rings. The summed E-state index contributed by atoms with van der Waals surface area (Å²) in [6.45, 7) is 7.18. The van der Waals surface area contributed by atoms with Gasteiger partial charge in [-0.05, 0) is 118 Å². The second-order valence-electron chi connectivity index (χ2n) is 13.1. The molecule has 1 amide bonds. The van der Waals surface area contributed by atoms with Crippen molar-refractivity contribution in [3.05, 3.63) is 58.1 Å². The van der Waals surface area contributed by atoms with Gasteiger partial charge in [-0.3, -0.25) is 4.79 Å². The Morgan fingerprint density at radius 3 is 2.59 bits per heavy atom. The Hall–Kier alpha value is -2.33. The van der Waals surface area contributed by atoms with Crippen molar-refractivity contribution in [1.82, 2.24) is 4.72 Å². The third-order valence-electron chi connectivity index (χ3n) is 10.6. The number of carbonyl (C=O) groups excluding carboxylic acids is 1. The van der Waals surface area contributed by atoms with Crippen LogP contribution in [0.15, 0.2) is 36.4 Å². The molecule has 0 spiro atoms. The first-order valence-electron chi connectivity index (χ1n) is 16.0. The lowest BCUT2D eigenvalue weighted by Gasteiger charge is -2.52. The van der Waals surface area contributed by atoms with Gasteiger partial charge in [-0.2, -0.15) is 0 Å². The Labute approximate surface area is 267 Å². The van der Waals surface area contributed by atoms with E-state index in [0.29, 0.717) is 43.2 Å². The van der Waals surface area contributed by atoms with Gasteiger partial charge in [0.05, 0.1) is 22.6 Å². The number of anilines is 1. The molecule has 3 aliphatic rings. The van der Waals surface area contributed by atoms with E-state index in [1.165, 1.54) is 5.56 Å². The van der Waals surface area contributed by atoms with Crippen molar-refractivity contribution in [3.8, 4) is 5.75 Å². The van der Waals surface area contributed by atoms with Crippen LogP contribution in [-0.4, -0.2) is 56.6 Å². The standard InChI is InChI=1S/C34H47ClN2O6S/c1-22-8-7-16-34(42-4,24(3)38)30-14-11-27(30)20-37-17-6-5-9-25-18-29(35)13-10-28(25)21-43-32-15-12-26(19-31(32)37)33(39)36-44(40,41)23(22)2/h10,12-13,15,18-19,22-24,27,30,38H,5-9,11,14,16-17,20-21H2,1-4H3,(H,36,39)/t22-,23+,24+,27-,30+,34+/m0/s1. The number of carbonyl (C=O) groups is 1. The highest BCUT2D eigenvalue weighted by Gasteiger charge is 2.51. The zero-order chi connectivity index (χ0) is 31.6. The van der Waals surface area contributed by atoms with Crippen LogP contribution in [0, 0.1) is 17.8 Å². The summed E-state index contributed by atoms with van der Waals surface area (Å²) in [4.78, 5) is 15.7. The second kappa shape index (κ2) is 13.6. The van der Waals surface area contributed by atoms with Crippen molar-refractivity contribution < 1.29 is 27.8 Å². The Balaban J connectivity index is 1.57. The topological polar surface area (TPSA) is 105 Å². The molecule has 2 bridgehead atoms. The Kier molecular flexibility index (Phi) is 10.2. The number of aryl methyl sites for hydroxylation is 1. The summed E-state index contributed by atoms with van der Waals surface area (Å²) in [6.07, 6.45) is 6.04. The van der Waals surface area contributed by atoms with E-state index in [1.54, 1.807) is 32.2 Å². The van der Waals surface area contributed by atoms with E-state index in [9.17, 15) is 18.3 Å². The molecule has 0 radical (unpaired) electrons. The number of sulfonamides is 1. The summed E-state index contributed by atoms with van der Waals surface area (Å²) in [5.41, 5.74) is 2.57. The van der Waals surface area contributed by atoms with Crippen molar-refractivity contribution >= 4 is 33.2 Å². The van der Waals surface area contributed by atoms with E-state index < -0.39 is 32.9 Å². The van der Waals surface area contributed by atoms with Gasteiger partial charge < -0.3 is 19.5 Å². The number of hydrogen-bond donors (Lipinski definition) is 2. The minimum Gasteiger partial charge on any atom is -0.487 e. The third kappa shape index (κ3) is 6.76. The highest BCUT2D eigenvalue weighted by atomic mass is 35.5. The maximum absolute atomic E-state index is 13.4. The monoisotopic (exact) mass is 646 g/mol. The number of nitrogens with zero attached hydrogens (tertiary/aromatic N) is 1. The number of nitrogens with one attached hydrogen (secondary N) is 1. The van der Waals surface area contributed by atoms with Crippen LogP contribution in [0.4, 0.5) is 5.69 Å². The van der Waals surface area contributed by atoms with Gasteiger partial charge in [-0.1, -0.05) is 31.0 Å². The molecule has 242 valence electrons. The predicted molar refractivity (Wildman–Crippen MR) is 174 cm³/mol. The largest absolute Gasteiger partial charge is 0.487 e. The van der Waals surface area contributed by atoms with Crippen LogP contribution >= 0.6 is 11.6 Å². The zero-order valence-corrected chi connectivity index (χ0v) is 27.9. The van der Waals surface area contributed by atoms with Crippen LogP contribution in [0.25, 0.3) is 0 Å². The fraction of sp³-hybridized carbons (Fsp3) is 0.618. The first-order valence-corrected chi connectivity index (χ1v) is 18.0. The first-order chi connectivity index (χ1) is 20.9. The van der Waals surface area contributed by atoms with Crippen molar-refractivity contribution in [1.29, 1.82) is 0 Å². The summed E-state index contributed by atoms with van der Waals surface area (Å²) in [7, 11) is -2.24. The van der Waals surface area contributed by atoms with E-state index in [2.05, 4.69) is 9.62 Å². The normalized spacial score (nSPS) is 30.3. The highest BCUT2D eigenvalue weighted by molar-refractivity contribution is 7.90. The van der Waals surface area contributed by atoms with Gasteiger partial charge in [0, 0.05) is 30.8 Å². The fourth-order valence-corrected chi connectivity index (χ4v) is 8.95. The van der Waals surface area contributed by atoms with Gasteiger partial charge >= 0.3 is 0 Å². The van der Waals surface area contributed by atoms with Gasteiger partial charge in [-0.15, -0.1) is 0 Å². The Morgan fingerprint density at radius 2 is 1.89 bits per heavy atom. The SMILES string of the molecule is CO[C@@]1([C@@H](C)O)CCC[C@H](C)[C@@H](C)S(=O)(=O)NC(=O)c2ccc3c(c2)N(CCCCc2cc(Cl)ccc2CO3)C[C@@H]2CC[C@H]21. The predicted octanol–water partition coefficient (Wildman–Crippen LogP) is 6.12. The summed E-state index contributed by atoms with van der Waals surface area (Å²) in [6, 6.07) is 11.1. The maximum atomic E-state index is 13.4. The summed E-state index contributed by atoms with van der Waals surface area (Å²) < 4.78 is 41.6. The van der Waals surface area contributed by atoms with E-state index in [1.807, 2.05) is 32.0 Å². The van der Waals surface area contributed by atoms with Gasteiger partial charge in [-0.25, -0.2) is 13.1 Å². The van der Waals surface area contributed by atoms with Crippen molar-refractivity contribution in [2.75, 3.05) is 25.1 Å². The number of halogens is 1. The lowest BCUT2D eigenvalue weighted by atomic mass is 9.61. The number of benzene rings is 2. The maximum Gasteiger partial charge on any atom is 0.264 e. The number of hydrogen-bond acceptors (Lipinski definition) is 7. The number of fused-ring (bicyclic) bond motifs is 3. The Bertz CT molecular complexity index is 1450. The number of aliphatic hydroxyl groups is 1. The van der Waals surface area contributed by atoms with Crippen LogP contribution in [0.3, 0.4) is 0 Å². The van der Waals surface area contributed by atoms with Crippen LogP contribution < -0.4 is 14.4 Å². The molecular weight excluding hydrogens is 600 g/mol. The van der Waals surface area contributed by atoms with Crippen LogP contribution in [0.1, 0.15) is 87.2 Å². The minimum absolute atomic E-state index is 0.150. The molecule has 5 rings (SSSR count). The van der Waals surface area contributed by atoms with Crippen molar-refractivity contribution in [3.63, 3.8) is 0 Å². The molecule has 44 heavy (non-hydrogen) atoms. The number of aliphatic hydroxyl groups excluding tert-OH is 1. The average molecular weight is 647 g/mol. The first kappa shape index (κ1) is 33.0. The fourth-order valence-electron chi connectivity index (χ4n) is 7.44. The quantitative estimate of drug-likeness (QED) is 0.405. The lowest BCUT2D eigenvalue weighted by molar-refractivity contribution is -0.172. The van der Waals surface area contributed by atoms with Crippen LogP contribution in [0.2, 0.25) is 5.02 Å². The number of rotatable bonds is 2. The van der Waals surface area contributed by atoms with Gasteiger partial charge in [0.1, 0.15) is 12.4 Å². The zero-order valence-electron chi connectivity index (χ0n) is 26.4. The number of methoxy groups -OCH3 is 1. The summed E-state index contributed by atoms with van der Waals surface area (Å²) >= 11 is 6.33. The van der Waals surface area contributed by atoms with E-state index in [-0.39, 0.29) is 23.3 Å². The molecule has 1 aliphatic carbocycles. The highest BCUT2D eigenvalue weighted by Crippen LogP contribution is 2.49. The molecule has 2 heterocycles. The van der Waals surface area contributed by atoms with Gasteiger partial charge in [0.25, 0.3) is 5.91 Å². The molecule has 8 nitrogen and oxygen atoms in total. The summed E-state index contributed by atoms with van der Waals surface area (Å²) in [5.74, 6) is 0.239. The van der Waals surface area contributed by atoms with Crippen molar-refractivity contribution in [2.45, 2.75) is 95.7 Å². The van der Waals surface area contributed by atoms with E-state index in [0.717, 1.165) is 49.9 Å². The minimum atomic E-state index is -3.93. The molecule has 2 aliphatic heterocycles. The molecule has 10 heteroatoms. The molecule has 6 atom stereocenters. The number of amides is 1. The molecule has 1 saturated carbocycles. The molecule has 2 aromatic carbocycles. The Morgan fingerprint density at radius 1 is 1.09 bits per heavy atom. The molecule has 0 unspecified atom stereocenters. The van der Waals surface area contributed by atoms with Crippen molar-refractivity contribution in [2.24, 2.45) is 17.8 Å². The van der Waals surface area contributed by atoms with E-state index in [4.69, 9.17) is 21.1 Å². The molecule has 1 fully saturated rings. The van der Waals surface area contributed by atoms with E-state index >= 15 is 0 Å². The summed E-state index contributed by atoms with van der Waals surface area (Å²) in [5, 5.41) is 11.1. The van der Waals surface area contributed by atoms with Gasteiger partial charge in [0.2, 0.25) is 10.0 Å². The number of ether oxygens (including phenoxy) is 2. The smallest absolute Gasteiger partial charge is 0.264 e. The van der Waals surface area contributed by atoms with Crippen LogP contribution in [0.5, 0.6) is 5.75 Å². The molecule has 0 aromatic heterocycles. The third-order valence-corrected chi connectivity index (χ3v) is 12.7. The molecular formula is C34H47ClN2O6S. The van der Waals surface area contributed by atoms with Gasteiger partial charge in [0.15, 0.2) is 0 Å². The lowest BCUT2D eigenvalue weighted by Crippen LogP contribution is -2.57. The molecule has 2 N–H and O–H groups in total. The second-order valence-corrected chi connectivity index (χ2v) is 15.6. The average Bonchev–Trinajstić information content (AvgIpc) is 3.00. The van der Waals surface area contributed by atoms with Crippen LogP contribution in [-0.2, 0) is 27.8 Å². The molecule has 0 saturated heterocycles.